The summed E-state index contributed by atoms with van der Waals surface area (Å²) in [6, 6.07) is 16.3. The smallest absolute Gasteiger partial charge is 0.338 e. The number of rotatable bonds is 10. The molecule has 3 aromatic carbocycles. The third-order valence-corrected chi connectivity index (χ3v) is 8.69. The number of aromatic nitrogens is 1. The molecule has 1 aliphatic heterocycles. The Bertz CT molecular complexity index is 1990. The van der Waals surface area contributed by atoms with Gasteiger partial charge in [-0.1, -0.05) is 47.2 Å². The summed E-state index contributed by atoms with van der Waals surface area (Å²) in [5.41, 5.74) is 1.85. The Labute approximate surface area is 275 Å². The highest BCUT2D eigenvalue weighted by atomic mass is 79.9. The van der Waals surface area contributed by atoms with Crippen LogP contribution in [0.25, 0.3) is 6.08 Å². The number of hydrogen-bond acceptors (Lipinski definition) is 9. The molecule has 0 saturated carbocycles. The number of hydrogen-bond donors (Lipinski definition) is 0. The van der Waals surface area contributed by atoms with E-state index < -0.39 is 22.5 Å². The minimum Gasteiger partial charge on any atom is -0.494 e. The van der Waals surface area contributed by atoms with E-state index in [0.29, 0.717) is 43.5 Å². The van der Waals surface area contributed by atoms with E-state index in [9.17, 15) is 19.7 Å². The van der Waals surface area contributed by atoms with Gasteiger partial charge in [0.15, 0.2) is 4.80 Å². The largest absolute Gasteiger partial charge is 0.494 e. The topological polar surface area (TPSA) is 122 Å². The lowest BCUT2D eigenvalue weighted by atomic mass is 9.96. The molecule has 0 spiro atoms. The molecule has 0 saturated heterocycles. The number of thiazole rings is 1. The number of nitro benzene ring substituents is 1. The van der Waals surface area contributed by atoms with Gasteiger partial charge in [0.2, 0.25) is 5.75 Å². The third-order valence-electron chi connectivity index (χ3n) is 6.86. The van der Waals surface area contributed by atoms with Crippen molar-refractivity contribution in [3.05, 3.63) is 128 Å². The highest BCUT2D eigenvalue weighted by molar-refractivity contribution is 9.10. The van der Waals surface area contributed by atoms with Crippen LogP contribution < -0.4 is 24.4 Å². The van der Waals surface area contributed by atoms with Crippen LogP contribution in [0.5, 0.6) is 11.5 Å². The van der Waals surface area contributed by atoms with Crippen molar-refractivity contribution in [3.63, 3.8) is 0 Å². The molecule has 0 fully saturated rings. The molecule has 0 N–H and O–H groups in total. The van der Waals surface area contributed by atoms with E-state index >= 15 is 0 Å². The van der Waals surface area contributed by atoms with Crippen LogP contribution in [0, 0.1) is 10.1 Å². The molecule has 0 bridgehead atoms. The van der Waals surface area contributed by atoms with Gasteiger partial charge in [-0.2, -0.15) is 0 Å². The highest BCUT2D eigenvalue weighted by Gasteiger charge is 2.33. The standard InChI is InChI=1S/C32H27BrClN3O7S/c1-4-42-23-12-8-21(9-13-23)28-27(31(39)43-5-2)18(3)35-32-36(28)30(38)26(45-32)16-20-14-24(33)29(25(15-20)37(40)41)44-17-19-6-10-22(34)11-7-19/h6-16,28H,4-5,17H2,1-3H3/b26-16-/t28-/m1/s1. The van der Waals surface area contributed by atoms with Gasteiger partial charge in [-0.3, -0.25) is 19.5 Å². The molecule has 0 aliphatic carbocycles. The molecule has 0 radical (unpaired) electrons. The first-order valence-corrected chi connectivity index (χ1v) is 15.9. The zero-order chi connectivity index (χ0) is 32.2. The summed E-state index contributed by atoms with van der Waals surface area (Å²) >= 11 is 10.5. The van der Waals surface area contributed by atoms with Crippen molar-refractivity contribution >= 4 is 56.6 Å². The number of benzene rings is 3. The summed E-state index contributed by atoms with van der Waals surface area (Å²) in [5.74, 6) is 0.138. The Morgan fingerprint density at radius 3 is 2.47 bits per heavy atom. The lowest BCUT2D eigenvalue weighted by Crippen LogP contribution is -2.39. The maximum atomic E-state index is 14.0. The Balaban J connectivity index is 1.58. The first-order valence-electron chi connectivity index (χ1n) is 13.9. The fraction of sp³-hybridized carbons (Fsp3) is 0.219. The number of esters is 1. The number of nitro groups is 1. The lowest BCUT2D eigenvalue weighted by molar-refractivity contribution is -0.386. The molecular weight excluding hydrogens is 686 g/mol. The van der Waals surface area contributed by atoms with Gasteiger partial charge in [0.25, 0.3) is 5.56 Å². The molecule has 1 aromatic heterocycles. The third kappa shape index (κ3) is 6.87. The zero-order valence-electron chi connectivity index (χ0n) is 24.4. The average Bonchev–Trinajstić information content (AvgIpc) is 3.30. The van der Waals surface area contributed by atoms with Crippen LogP contribution in [0.1, 0.15) is 43.5 Å². The van der Waals surface area contributed by atoms with Crippen molar-refractivity contribution in [2.75, 3.05) is 13.2 Å². The van der Waals surface area contributed by atoms with Crippen LogP contribution in [-0.2, 0) is 16.1 Å². The molecule has 1 atom stereocenters. The quantitative estimate of drug-likeness (QED) is 0.111. The average molecular weight is 713 g/mol. The summed E-state index contributed by atoms with van der Waals surface area (Å²) in [5, 5.41) is 12.6. The molecule has 13 heteroatoms. The number of allylic oxidation sites excluding steroid dienone is 1. The predicted octanol–water partition coefficient (Wildman–Crippen LogP) is 6.10. The number of carbonyl (C=O) groups excluding carboxylic acids is 1. The molecule has 10 nitrogen and oxygen atoms in total. The van der Waals surface area contributed by atoms with Crippen LogP contribution in [0.4, 0.5) is 5.69 Å². The first-order chi connectivity index (χ1) is 21.6. The van der Waals surface area contributed by atoms with Crippen LogP contribution in [0.15, 0.2) is 86.2 Å². The summed E-state index contributed by atoms with van der Waals surface area (Å²) < 4.78 is 18.8. The number of carbonyl (C=O) groups is 1. The van der Waals surface area contributed by atoms with Gasteiger partial charge in [-0.05, 0) is 89.8 Å². The minimum absolute atomic E-state index is 0.0544. The van der Waals surface area contributed by atoms with Gasteiger partial charge in [0, 0.05) is 11.1 Å². The van der Waals surface area contributed by atoms with Crippen molar-refractivity contribution in [3.8, 4) is 11.5 Å². The van der Waals surface area contributed by atoms with Crippen molar-refractivity contribution in [2.45, 2.75) is 33.4 Å². The normalized spacial score (nSPS) is 14.5. The highest BCUT2D eigenvalue weighted by Crippen LogP contribution is 2.37. The number of ether oxygens (including phenoxy) is 3. The van der Waals surface area contributed by atoms with Crippen molar-refractivity contribution < 1.29 is 23.9 Å². The fourth-order valence-corrected chi connectivity index (χ4v) is 6.62. The van der Waals surface area contributed by atoms with Gasteiger partial charge in [-0.25, -0.2) is 9.79 Å². The van der Waals surface area contributed by atoms with E-state index in [2.05, 4.69) is 20.9 Å². The Hall–Kier alpha value is -4.26. The first kappa shape index (κ1) is 32.1. The molecule has 0 amide bonds. The molecule has 45 heavy (non-hydrogen) atoms. The van der Waals surface area contributed by atoms with E-state index in [0.717, 1.165) is 16.9 Å². The maximum Gasteiger partial charge on any atom is 0.338 e. The van der Waals surface area contributed by atoms with Gasteiger partial charge in [-0.15, -0.1) is 0 Å². The second-order valence-electron chi connectivity index (χ2n) is 9.83. The Morgan fingerprint density at radius 2 is 1.82 bits per heavy atom. The molecular formula is C32H27BrClN3O7S. The molecule has 232 valence electrons. The van der Waals surface area contributed by atoms with E-state index in [-0.39, 0.29) is 34.8 Å². The number of nitrogens with zero attached hydrogens (tertiary/aromatic N) is 3. The Morgan fingerprint density at radius 1 is 1.11 bits per heavy atom. The maximum absolute atomic E-state index is 14.0. The molecule has 0 unspecified atom stereocenters. The van der Waals surface area contributed by atoms with Crippen LogP contribution in [-0.4, -0.2) is 28.7 Å². The summed E-state index contributed by atoms with van der Waals surface area (Å²) in [7, 11) is 0. The second-order valence-corrected chi connectivity index (χ2v) is 12.1. The fourth-order valence-electron chi connectivity index (χ4n) is 4.87. The summed E-state index contributed by atoms with van der Waals surface area (Å²) in [4.78, 5) is 43.6. The van der Waals surface area contributed by atoms with Crippen LogP contribution in [0.2, 0.25) is 5.02 Å². The van der Waals surface area contributed by atoms with E-state index in [1.807, 2.05) is 6.92 Å². The van der Waals surface area contributed by atoms with Gasteiger partial charge in [0.1, 0.15) is 12.4 Å². The molecule has 5 rings (SSSR count). The summed E-state index contributed by atoms with van der Waals surface area (Å²) in [6.07, 6.45) is 1.56. The van der Waals surface area contributed by atoms with E-state index in [4.69, 9.17) is 25.8 Å². The molecule has 4 aromatic rings. The lowest BCUT2D eigenvalue weighted by Gasteiger charge is -2.24. The minimum atomic E-state index is -0.803. The van der Waals surface area contributed by atoms with Crippen molar-refractivity contribution in [1.82, 2.24) is 4.57 Å². The van der Waals surface area contributed by atoms with Crippen LogP contribution >= 0.6 is 38.9 Å². The number of halogens is 2. The number of fused-ring (bicyclic) bond motifs is 1. The second kappa shape index (κ2) is 13.8. The monoisotopic (exact) mass is 711 g/mol. The van der Waals surface area contributed by atoms with E-state index in [1.54, 1.807) is 74.5 Å². The van der Waals surface area contributed by atoms with Gasteiger partial charge < -0.3 is 14.2 Å². The molecule has 1 aliphatic rings. The molecule has 2 heterocycles. The van der Waals surface area contributed by atoms with Gasteiger partial charge >= 0.3 is 11.7 Å². The zero-order valence-corrected chi connectivity index (χ0v) is 27.6. The predicted molar refractivity (Wildman–Crippen MR) is 175 cm³/mol. The SMILES string of the molecule is CCOC(=O)C1=C(C)N=c2s/c(=C\c3cc(Br)c(OCc4ccc(Cl)cc4)c([N+](=O)[O-])c3)c(=O)n2[C@@H]1c1ccc(OCC)cc1. The van der Waals surface area contributed by atoms with Crippen molar-refractivity contribution in [2.24, 2.45) is 4.99 Å². The van der Waals surface area contributed by atoms with Crippen LogP contribution in [0.3, 0.4) is 0 Å². The van der Waals surface area contributed by atoms with Crippen molar-refractivity contribution in [1.29, 1.82) is 0 Å². The Kier molecular flexibility index (Phi) is 9.86. The van der Waals surface area contributed by atoms with E-state index in [1.165, 1.54) is 10.6 Å². The van der Waals surface area contributed by atoms with Gasteiger partial charge in [0.05, 0.1) is 44.5 Å². The summed E-state index contributed by atoms with van der Waals surface area (Å²) in [6.45, 7) is 6.03.